The molecule has 2 aliphatic heterocycles. The first-order chi connectivity index (χ1) is 23.4. The molecule has 2 heterocycles. The van der Waals surface area contributed by atoms with E-state index < -0.39 is 46.1 Å². The lowest BCUT2D eigenvalue weighted by atomic mass is 9.42. The molecule has 12 heteroatoms. The second-order valence-corrected chi connectivity index (χ2v) is 16.0. The summed E-state index contributed by atoms with van der Waals surface area (Å²) in [4.78, 5) is 43.3. The Labute approximate surface area is 287 Å². The normalized spacial score (nSPS) is 48.0. The molecular formula is C37H50N2O10. The van der Waals surface area contributed by atoms with Gasteiger partial charge in [0.25, 0.3) is 0 Å². The minimum Gasteiger partial charge on any atom is -0.461 e. The van der Waals surface area contributed by atoms with Crippen LogP contribution in [0.5, 0.6) is 0 Å². The number of hydrogen-bond acceptors (Lipinski definition) is 11. The molecule has 1 spiro atoms. The zero-order chi connectivity index (χ0) is 34.8. The molecule has 0 unspecified atom stereocenters. The van der Waals surface area contributed by atoms with Gasteiger partial charge < -0.3 is 33.9 Å². The second-order valence-electron chi connectivity index (χ2n) is 16.0. The molecule has 8 rings (SSSR count). The fourth-order valence-electron chi connectivity index (χ4n) is 13.2. The lowest BCUT2D eigenvalue weighted by Crippen LogP contribution is -2.82. The smallest absolute Gasteiger partial charge is 0.340 e. The van der Waals surface area contributed by atoms with Crippen LogP contribution in [-0.4, -0.2) is 123 Å². The van der Waals surface area contributed by atoms with Gasteiger partial charge in [-0.25, -0.2) is 9.69 Å². The first-order valence-corrected chi connectivity index (χ1v) is 17.9. The third-order valence-electron chi connectivity index (χ3n) is 14.5. The minimum atomic E-state index is -1.70. The molecule has 5 aliphatic carbocycles. The molecule has 7 aliphatic rings. The van der Waals surface area contributed by atoms with E-state index in [-0.39, 0.29) is 84.5 Å². The van der Waals surface area contributed by atoms with E-state index in [4.69, 9.17) is 23.7 Å². The van der Waals surface area contributed by atoms with E-state index in [9.17, 15) is 24.6 Å². The van der Waals surface area contributed by atoms with Gasteiger partial charge in [0.05, 0.1) is 48.3 Å². The maximum Gasteiger partial charge on any atom is 0.340 e. The van der Waals surface area contributed by atoms with Gasteiger partial charge in [-0.3, -0.25) is 14.5 Å². The van der Waals surface area contributed by atoms with Crippen molar-refractivity contribution in [2.24, 2.45) is 40.4 Å². The van der Waals surface area contributed by atoms with Gasteiger partial charge in [-0.15, -0.1) is 0 Å². The van der Waals surface area contributed by atoms with Gasteiger partial charge in [0.1, 0.15) is 11.2 Å². The Kier molecular flexibility index (Phi) is 7.75. The fraction of sp³-hybridized carbons (Fsp3) is 0.757. The predicted octanol–water partition coefficient (Wildman–Crippen LogP) is 2.04. The molecule has 5 saturated carbocycles. The molecule has 0 aromatic heterocycles. The zero-order valence-electron chi connectivity index (χ0n) is 29.3. The van der Waals surface area contributed by atoms with Gasteiger partial charge in [0.15, 0.2) is 0 Å². The number of anilines is 1. The summed E-state index contributed by atoms with van der Waals surface area (Å²) in [5.74, 6) is -2.47. The number of para-hydroxylation sites is 1. The van der Waals surface area contributed by atoms with E-state index in [2.05, 4.69) is 11.8 Å². The standard InChI is InChI=1S/C37H50N2O10/c1-7-38-17-34(18-49-32(42)20-10-8-9-11-23(20)39-26(40)14-19(2)31(39)41)13-12-25(46-4)36-22-15-21-24(45-3)16-35(43,27(22)28(21)47-5)37(44,33(36)38)30(48-6)29(34)36/h8-11,19,21-22,24-25,27-30,33,43-44H,7,12-18H2,1-6H3/t19-,21+,22+,24-,25-,27+,28-,29+,30-,33-,34-,35+,36-,37-/m0/s1. The number of likely N-dealkylation sites (N-methyl/N-ethyl adjacent to an activating group) is 1. The van der Waals surface area contributed by atoms with E-state index in [0.717, 1.165) is 11.3 Å². The molecular weight excluding hydrogens is 632 g/mol. The number of ether oxygens (including phenoxy) is 5. The number of rotatable bonds is 9. The lowest BCUT2D eigenvalue weighted by Gasteiger charge is -2.70. The maximum absolute atomic E-state index is 14.1. The predicted molar refractivity (Wildman–Crippen MR) is 174 cm³/mol. The Morgan fingerprint density at radius 3 is 2.43 bits per heavy atom. The Bertz CT molecular complexity index is 1560. The van der Waals surface area contributed by atoms with Gasteiger partial charge in [-0.1, -0.05) is 26.0 Å². The Morgan fingerprint density at radius 2 is 1.80 bits per heavy atom. The van der Waals surface area contributed by atoms with Crippen molar-refractivity contribution >= 4 is 23.5 Å². The quantitative estimate of drug-likeness (QED) is 0.292. The molecule has 2 saturated heterocycles. The zero-order valence-corrected chi connectivity index (χ0v) is 29.3. The number of hydrogen-bond donors (Lipinski definition) is 2. The number of amides is 2. The first kappa shape index (κ1) is 33.7. The highest BCUT2D eigenvalue weighted by Gasteiger charge is 2.91. The summed E-state index contributed by atoms with van der Waals surface area (Å²) in [6, 6.07) is 6.12. The Balaban J connectivity index is 1.23. The minimum absolute atomic E-state index is 0.0358. The molecule has 49 heavy (non-hydrogen) atoms. The van der Waals surface area contributed by atoms with Crippen LogP contribution in [0.4, 0.5) is 5.69 Å². The van der Waals surface area contributed by atoms with Crippen molar-refractivity contribution < 1.29 is 48.3 Å². The third kappa shape index (κ3) is 3.86. The largest absolute Gasteiger partial charge is 0.461 e. The van der Waals surface area contributed by atoms with Crippen LogP contribution in [0, 0.1) is 40.4 Å². The summed E-state index contributed by atoms with van der Waals surface area (Å²) >= 11 is 0. The number of piperidine rings is 1. The number of methoxy groups -OCH3 is 4. The van der Waals surface area contributed by atoms with Crippen LogP contribution in [-0.2, 0) is 33.3 Å². The molecule has 2 N–H and O–H groups in total. The summed E-state index contributed by atoms with van der Waals surface area (Å²) in [5, 5.41) is 26.6. The number of fused-ring (bicyclic) bond motifs is 2. The van der Waals surface area contributed by atoms with Crippen LogP contribution in [0.1, 0.15) is 56.3 Å². The number of likely N-dealkylation sites (tertiary alicyclic amines) is 1. The van der Waals surface area contributed by atoms with Crippen molar-refractivity contribution in [3.05, 3.63) is 29.8 Å². The monoisotopic (exact) mass is 682 g/mol. The highest BCUT2D eigenvalue weighted by Crippen LogP contribution is 2.80. The molecule has 1 aromatic carbocycles. The highest BCUT2D eigenvalue weighted by atomic mass is 16.5. The van der Waals surface area contributed by atoms with Gasteiger partial charge in [0.2, 0.25) is 11.8 Å². The SMILES string of the molecule is CCN1C[C@]2(COC(=O)c3ccccc3N3C(=O)C[C@H](C)C3=O)CC[C@H](OC)[C@@]34[C@@H]5C[C@H]6[C@H](OC)[C@@H]5[C@](O)(C[C@@H]6OC)[C@](O)([C@@H](OC)[C@H]23)[C@@H]14. The summed E-state index contributed by atoms with van der Waals surface area (Å²) in [7, 11) is 6.70. The molecule has 12 nitrogen and oxygen atoms in total. The lowest BCUT2D eigenvalue weighted by molar-refractivity contribution is -0.320. The summed E-state index contributed by atoms with van der Waals surface area (Å²) in [6.07, 6.45) is 0.813. The van der Waals surface area contributed by atoms with Gasteiger partial charge in [0, 0.05) is 82.3 Å². The van der Waals surface area contributed by atoms with Crippen molar-refractivity contribution in [3.8, 4) is 0 Å². The van der Waals surface area contributed by atoms with E-state index in [1.54, 1.807) is 59.6 Å². The van der Waals surface area contributed by atoms with Gasteiger partial charge in [-0.05, 0) is 43.9 Å². The number of nitrogens with zero attached hydrogens (tertiary/aromatic N) is 2. The average molecular weight is 683 g/mol. The Morgan fingerprint density at radius 1 is 1.04 bits per heavy atom. The Hall–Kier alpha value is -2.45. The van der Waals surface area contributed by atoms with Crippen molar-refractivity contribution in [1.29, 1.82) is 0 Å². The van der Waals surface area contributed by atoms with Crippen LogP contribution in [0.15, 0.2) is 24.3 Å². The molecule has 2 amide bonds. The van der Waals surface area contributed by atoms with E-state index in [0.29, 0.717) is 25.9 Å². The number of imide groups is 1. The molecule has 14 atom stereocenters. The van der Waals surface area contributed by atoms with Crippen LogP contribution in [0.2, 0.25) is 0 Å². The average Bonchev–Trinajstić information content (AvgIpc) is 3.63. The van der Waals surface area contributed by atoms with Crippen LogP contribution in [0.3, 0.4) is 0 Å². The summed E-state index contributed by atoms with van der Waals surface area (Å²) < 4.78 is 31.4. The number of benzene rings is 1. The van der Waals surface area contributed by atoms with Crippen LogP contribution in [0.25, 0.3) is 0 Å². The molecule has 7 bridgehead atoms. The van der Waals surface area contributed by atoms with Crippen molar-refractivity contribution in [2.45, 2.75) is 87.6 Å². The topological polar surface area (TPSA) is 144 Å². The van der Waals surface area contributed by atoms with Crippen molar-refractivity contribution in [1.82, 2.24) is 4.90 Å². The number of carbonyl (C=O) groups excluding carboxylic acids is 3. The van der Waals surface area contributed by atoms with Crippen LogP contribution >= 0.6 is 0 Å². The number of carbonyl (C=O) groups is 3. The first-order valence-electron chi connectivity index (χ1n) is 17.9. The molecule has 1 aromatic rings. The van der Waals surface area contributed by atoms with Crippen molar-refractivity contribution in [3.63, 3.8) is 0 Å². The summed E-state index contributed by atoms with van der Waals surface area (Å²) in [6.45, 7) is 4.95. The highest BCUT2D eigenvalue weighted by molar-refractivity contribution is 6.22. The van der Waals surface area contributed by atoms with E-state index >= 15 is 0 Å². The second kappa shape index (κ2) is 11.3. The maximum atomic E-state index is 14.1. The van der Waals surface area contributed by atoms with Crippen LogP contribution < -0.4 is 4.90 Å². The van der Waals surface area contributed by atoms with E-state index in [1.807, 2.05) is 0 Å². The number of aliphatic hydroxyl groups is 2. The summed E-state index contributed by atoms with van der Waals surface area (Å²) in [5.41, 5.74) is -4.17. The molecule has 7 fully saturated rings. The molecule has 268 valence electrons. The van der Waals surface area contributed by atoms with E-state index in [1.165, 1.54) is 0 Å². The van der Waals surface area contributed by atoms with Crippen molar-refractivity contribution in [2.75, 3.05) is 53.0 Å². The number of esters is 1. The van der Waals surface area contributed by atoms with Gasteiger partial charge in [-0.2, -0.15) is 0 Å². The van der Waals surface area contributed by atoms with Gasteiger partial charge >= 0.3 is 5.97 Å². The fourth-order valence-corrected chi connectivity index (χ4v) is 13.2. The third-order valence-corrected chi connectivity index (χ3v) is 14.5. The molecule has 0 radical (unpaired) electrons.